The summed E-state index contributed by atoms with van der Waals surface area (Å²) in [5.41, 5.74) is 6.28. The fourth-order valence-electron chi connectivity index (χ4n) is 3.25. The summed E-state index contributed by atoms with van der Waals surface area (Å²) in [6.45, 7) is 8.06. The standard InChI is InChI=1S/C26H35N5O6S.C2H4O2/c1-5-6-15-38(35,36)31-21(24(33)37-26(2,3)4)16-17-7-13-20(14-8-17)29-25(34)30-23(32)19-11-9-18(10-12-19)22(27)28;1-2(3)4/h7-14,21,31H,5-6,15-16H2,1-4H3,(H3,27,28)(H2,29,30,32,34);1H3,(H,3,4)/t21-;/m0./s1. The van der Waals surface area contributed by atoms with Crippen LogP contribution in [0.25, 0.3) is 0 Å². The Morgan fingerprint density at radius 3 is 2.00 bits per heavy atom. The molecule has 0 aliphatic rings. The van der Waals surface area contributed by atoms with Gasteiger partial charge in [0.05, 0.1) is 5.75 Å². The normalized spacial score (nSPS) is 11.7. The van der Waals surface area contributed by atoms with E-state index in [4.69, 9.17) is 25.8 Å². The molecule has 0 heterocycles. The summed E-state index contributed by atoms with van der Waals surface area (Å²) in [6.07, 6.45) is 1.20. The van der Waals surface area contributed by atoms with E-state index in [-0.39, 0.29) is 23.6 Å². The minimum Gasteiger partial charge on any atom is -0.481 e. The molecule has 0 saturated carbocycles. The highest BCUT2D eigenvalue weighted by molar-refractivity contribution is 7.89. The predicted octanol–water partition coefficient (Wildman–Crippen LogP) is 3.00. The third kappa shape index (κ3) is 14.4. The number of unbranched alkanes of at least 4 members (excludes halogenated alkanes) is 1. The van der Waals surface area contributed by atoms with Gasteiger partial charge < -0.3 is 20.9 Å². The summed E-state index contributed by atoms with van der Waals surface area (Å²) in [5.74, 6) is -2.39. The van der Waals surface area contributed by atoms with E-state index in [0.717, 1.165) is 6.92 Å². The zero-order chi connectivity index (χ0) is 32.1. The maximum absolute atomic E-state index is 12.7. The van der Waals surface area contributed by atoms with Gasteiger partial charge in [0.25, 0.3) is 11.9 Å². The number of nitrogen functional groups attached to an aromatic ring is 1. The van der Waals surface area contributed by atoms with Crippen LogP contribution in [0.5, 0.6) is 0 Å². The second-order valence-electron chi connectivity index (χ2n) is 10.2. The Labute approximate surface area is 245 Å². The second kappa shape index (κ2) is 16.2. The number of amidine groups is 1. The smallest absolute Gasteiger partial charge is 0.326 e. The number of carboxylic acid groups (broad SMARTS) is 1. The van der Waals surface area contributed by atoms with Crippen molar-refractivity contribution >= 4 is 45.4 Å². The van der Waals surface area contributed by atoms with Crippen LogP contribution >= 0.6 is 0 Å². The first-order valence-corrected chi connectivity index (χ1v) is 14.7. The third-order valence-electron chi connectivity index (χ3n) is 5.12. The highest BCUT2D eigenvalue weighted by Gasteiger charge is 2.29. The number of nitrogens with two attached hydrogens (primary N) is 1. The largest absolute Gasteiger partial charge is 0.481 e. The lowest BCUT2D eigenvalue weighted by Crippen LogP contribution is -2.46. The van der Waals surface area contributed by atoms with Crippen LogP contribution in [0.15, 0.2) is 48.5 Å². The van der Waals surface area contributed by atoms with Crippen molar-refractivity contribution in [3.63, 3.8) is 0 Å². The minimum atomic E-state index is -3.69. The maximum atomic E-state index is 12.7. The van der Waals surface area contributed by atoms with Crippen LogP contribution in [0.1, 0.15) is 68.9 Å². The van der Waals surface area contributed by atoms with Gasteiger partial charge >= 0.3 is 12.0 Å². The van der Waals surface area contributed by atoms with Gasteiger partial charge in [-0.25, -0.2) is 17.9 Å². The number of anilines is 1. The summed E-state index contributed by atoms with van der Waals surface area (Å²) < 4.78 is 32.8. The van der Waals surface area contributed by atoms with E-state index in [1.165, 1.54) is 24.3 Å². The number of imide groups is 1. The minimum absolute atomic E-state index is 0.0431. The first-order chi connectivity index (χ1) is 19.4. The van der Waals surface area contributed by atoms with Crippen molar-refractivity contribution in [2.24, 2.45) is 5.73 Å². The summed E-state index contributed by atoms with van der Waals surface area (Å²) >= 11 is 0. The maximum Gasteiger partial charge on any atom is 0.326 e. The molecule has 13 nitrogen and oxygen atoms in total. The lowest BCUT2D eigenvalue weighted by atomic mass is 10.1. The topological polar surface area (TPSA) is 218 Å². The fraction of sp³-hybridized carbons (Fsp3) is 0.393. The van der Waals surface area contributed by atoms with Gasteiger partial charge in [0, 0.05) is 23.7 Å². The first kappa shape index (κ1) is 35.7. The molecule has 0 bridgehead atoms. The Morgan fingerprint density at radius 2 is 1.52 bits per heavy atom. The molecule has 0 aliphatic heterocycles. The first-order valence-electron chi connectivity index (χ1n) is 13.0. The molecule has 0 aromatic heterocycles. The zero-order valence-electron chi connectivity index (χ0n) is 24.3. The van der Waals surface area contributed by atoms with E-state index < -0.39 is 45.5 Å². The number of aliphatic carboxylic acids is 1. The van der Waals surface area contributed by atoms with Crippen molar-refractivity contribution in [2.45, 2.75) is 65.5 Å². The average Bonchev–Trinajstić information content (AvgIpc) is 2.86. The molecule has 0 radical (unpaired) electrons. The number of carbonyl (C=O) groups is 4. The number of benzene rings is 2. The van der Waals surface area contributed by atoms with Crippen molar-refractivity contribution in [3.8, 4) is 0 Å². The molecule has 0 aliphatic carbocycles. The Balaban J connectivity index is 0.00000206. The van der Waals surface area contributed by atoms with Gasteiger partial charge in [-0.1, -0.05) is 37.6 Å². The number of hydrogen-bond donors (Lipinski definition) is 6. The monoisotopic (exact) mass is 605 g/mol. The lowest BCUT2D eigenvalue weighted by Gasteiger charge is -2.24. The average molecular weight is 606 g/mol. The van der Waals surface area contributed by atoms with Crippen molar-refractivity contribution in [1.82, 2.24) is 10.0 Å². The molecular weight excluding hydrogens is 566 g/mol. The highest BCUT2D eigenvalue weighted by atomic mass is 32.2. The quantitative estimate of drug-likeness (QED) is 0.126. The molecule has 0 unspecified atom stereocenters. The van der Waals surface area contributed by atoms with Gasteiger partial charge in [0.15, 0.2) is 0 Å². The number of esters is 1. The second-order valence-corrected chi connectivity index (χ2v) is 12.1. The number of carbonyl (C=O) groups excluding carboxylic acids is 3. The fourth-order valence-corrected chi connectivity index (χ4v) is 4.65. The van der Waals surface area contributed by atoms with Gasteiger partial charge in [-0.05, 0) is 63.4 Å². The zero-order valence-corrected chi connectivity index (χ0v) is 25.1. The Morgan fingerprint density at radius 1 is 1.00 bits per heavy atom. The van der Waals surface area contributed by atoms with Crippen LogP contribution < -0.4 is 21.1 Å². The molecule has 42 heavy (non-hydrogen) atoms. The SMILES string of the molecule is CC(=O)O.CCCCS(=O)(=O)N[C@@H](Cc1ccc(NC(=O)NC(=O)c2ccc(C(=N)N)cc2)cc1)C(=O)OC(C)(C)C. The molecule has 0 fully saturated rings. The van der Waals surface area contributed by atoms with Crippen LogP contribution in [0, 0.1) is 5.41 Å². The molecule has 14 heteroatoms. The van der Waals surface area contributed by atoms with E-state index in [2.05, 4.69) is 15.4 Å². The summed E-state index contributed by atoms with van der Waals surface area (Å²) in [4.78, 5) is 46.3. The van der Waals surface area contributed by atoms with E-state index >= 15 is 0 Å². The molecule has 3 amide bonds. The van der Waals surface area contributed by atoms with Crippen molar-refractivity contribution in [2.75, 3.05) is 11.1 Å². The molecule has 0 saturated heterocycles. The molecular formula is C28H39N5O8S. The molecule has 230 valence electrons. The highest BCUT2D eigenvalue weighted by Crippen LogP contribution is 2.15. The molecule has 2 rings (SSSR count). The van der Waals surface area contributed by atoms with Crippen LogP contribution in [0.2, 0.25) is 0 Å². The molecule has 2 aromatic rings. The Bertz CT molecular complexity index is 1350. The van der Waals surface area contributed by atoms with Gasteiger partial charge in [-0.15, -0.1) is 0 Å². The van der Waals surface area contributed by atoms with Crippen LogP contribution in [0.3, 0.4) is 0 Å². The number of amides is 3. The predicted molar refractivity (Wildman–Crippen MR) is 159 cm³/mol. The number of urea groups is 1. The van der Waals surface area contributed by atoms with Gasteiger partial charge in [-0.3, -0.25) is 25.1 Å². The van der Waals surface area contributed by atoms with Crippen molar-refractivity contribution < 1.29 is 37.4 Å². The summed E-state index contributed by atoms with van der Waals surface area (Å²) in [6, 6.07) is 10.4. The number of ether oxygens (including phenoxy) is 1. The number of nitrogens with one attached hydrogen (secondary N) is 4. The summed E-state index contributed by atoms with van der Waals surface area (Å²) in [5, 5.41) is 19.5. The Kier molecular flexibility index (Phi) is 13.8. The lowest BCUT2D eigenvalue weighted by molar-refractivity contribution is -0.156. The van der Waals surface area contributed by atoms with Gasteiger partial charge in [0.2, 0.25) is 10.0 Å². The molecule has 7 N–H and O–H groups in total. The number of hydrogen-bond acceptors (Lipinski definition) is 8. The van der Waals surface area contributed by atoms with Crippen LogP contribution in [-0.2, 0) is 30.8 Å². The van der Waals surface area contributed by atoms with Crippen molar-refractivity contribution in [3.05, 3.63) is 65.2 Å². The van der Waals surface area contributed by atoms with Crippen LogP contribution in [0.4, 0.5) is 10.5 Å². The third-order valence-corrected chi connectivity index (χ3v) is 6.59. The van der Waals surface area contributed by atoms with Crippen molar-refractivity contribution in [1.29, 1.82) is 5.41 Å². The molecule has 2 aromatic carbocycles. The van der Waals surface area contributed by atoms with E-state index in [0.29, 0.717) is 29.7 Å². The van der Waals surface area contributed by atoms with Crippen LogP contribution in [-0.4, -0.2) is 60.6 Å². The van der Waals surface area contributed by atoms with E-state index in [9.17, 15) is 22.8 Å². The number of sulfonamides is 1. The summed E-state index contributed by atoms with van der Waals surface area (Å²) in [7, 11) is -3.69. The molecule has 0 spiro atoms. The Hall–Kier alpha value is -4.30. The number of carboxylic acids is 1. The van der Waals surface area contributed by atoms with E-state index in [1.807, 2.05) is 6.92 Å². The van der Waals surface area contributed by atoms with E-state index in [1.54, 1.807) is 45.0 Å². The van der Waals surface area contributed by atoms with Gasteiger partial charge in [-0.2, -0.15) is 0 Å². The number of rotatable bonds is 11. The van der Waals surface area contributed by atoms with Gasteiger partial charge in [0.1, 0.15) is 17.5 Å². The molecule has 1 atom stereocenters.